The molecule has 0 bridgehead atoms. The second-order valence-corrected chi connectivity index (χ2v) is 7.91. The van der Waals surface area contributed by atoms with Crippen LogP contribution in [0, 0.1) is 6.92 Å². The Morgan fingerprint density at radius 2 is 1.72 bits per heavy atom. The summed E-state index contributed by atoms with van der Waals surface area (Å²) in [6.07, 6.45) is 0. The van der Waals surface area contributed by atoms with Crippen LogP contribution in [0.1, 0.15) is 15.9 Å². The molecule has 0 atom stereocenters. The van der Waals surface area contributed by atoms with E-state index in [1.165, 1.54) is 0 Å². The number of carbonyl (C=O) groups is 1. The van der Waals surface area contributed by atoms with Crippen LogP contribution < -0.4 is 10.6 Å². The number of hydrogen-bond acceptors (Lipinski definition) is 4. The van der Waals surface area contributed by atoms with Gasteiger partial charge in [0, 0.05) is 16.8 Å². The van der Waals surface area contributed by atoms with Gasteiger partial charge in [0.2, 0.25) is 5.89 Å². The maximum absolute atomic E-state index is 12.7. The average Bonchev–Trinajstić information content (AvgIpc) is 3.22. The largest absolute Gasteiger partial charge is 0.436 e. The standard InChI is InChI=1S/C26H19N3O2S/c1-16-9-14-23-22(15-16)28-25(31-23)18-10-12-19(13-11-18)27-26(32)29-24(30)21-8-4-6-17-5-2-3-7-20(17)21/h2-15H,1H3,(H2,27,29,30,32). The van der Waals surface area contributed by atoms with Gasteiger partial charge in [-0.05, 0) is 77.9 Å². The molecule has 0 unspecified atom stereocenters. The van der Waals surface area contributed by atoms with E-state index in [-0.39, 0.29) is 11.0 Å². The number of hydrogen-bond donors (Lipinski definition) is 2. The van der Waals surface area contributed by atoms with Gasteiger partial charge in [0.1, 0.15) is 5.52 Å². The first-order chi connectivity index (χ1) is 15.6. The fraction of sp³-hybridized carbons (Fsp3) is 0.0385. The molecule has 32 heavy (non-hydrogen) atoms. The molecule has 0 saturated heterocycles. The molecule has 0 aliphatic rings. The molecular weight excluding hydrogens is 418 g/mol. The lowest BCUT2D eigenvalue weighted by Crippen LogP contribution is -2.34. The molecule has 0 radical (unpaired) electrons. The third-order valence-corrected chi connectivity index (χ3v) is 5.40. The van der Waals surface area contributed by atoms with E-state index in [0.717, 1.165) is 38.7 Å². The summed E-state index contributed by atoms with van der Waals surface area (Å²) in [4.78, 5) is 17.3. The van der Waals surface area contributed by atoms with Gasteiger partial charge < -0.3 is 9.73 Å². The molecule has 156 valence electrons. The summed E-state index contributed by atoms with van der Waals surface area (Å²) in [7, 11) is 0. The molecule has 0 aliphatic carbocycles. The number of aromatic nitrogens is 1. The van der Waals surface area contributed by atoms with Gasteiger partial charge in [-0.2, -0.15) is 0 Å². The van der Waals surface area contributed by atoms with Crippen LogP contribution in [0.2, 0.25) is 0 Å². The van der Waals surface area contributed by atoms with Crippen LogP contribution in [-0.4, -0.2) is 16.0 Å². The Morgan fingerprint density at radius 1 is 0.938 bits per heavy atom. The van der Waals surface area contributed by atoms with Crippen molar-refractivity contribution in [3.05, 3.63) is 96.1 Å². The Bertz CT molecular complexity index is 1470. The van der Waals surface area contributed by atoms with Crippen molar-refractivity contribution in [2.24, 2.45) is 0 Å². The predicted octanol–water partition coefficient (Wildman–Crippen LogP) is 6.08. The molecule has 0 spiro atoms. The number of nitrogens with one attached hydrogen (secondary N) is 2. The van der Waals surface area contributed by atoms with E-state index in [1.807, 2.05) is 85.8 Å². The lowest BCUT2D eigenvalue weighted by Gasteiger charge is -2.11. The molecule has 5 nitrogen and oxygen atoms in total. The SMILES string of the molecule is Cc1ccc2oc(-c3ccc(NC(=S)NC(=O)c4cccc5ccccc45)cc3)nc2c1. The van der Waals surface area contributed by atoms with E-state index in [9.17, 15) is 4.79 Å². The van der Waals surface area contributed by atoms with Crippen LogP contribution in [0.25, 0.3) is 33.3 Å². The maximum Gasteiger partial charge on any atom is 0.258 e. The third kappa shape index (κ3) is 3.96. The van der Waals surface area contributed by atoms with Gasteiger partial charge in [-0.15, -0.1) is 0 Å². The van der Waals surface area contributed by atoms with Crippen LogP contribution in [0.4, 0.5) is 5.69 Å². The minimum absolute atomic E-state index is 0.230. The number of benzene rings is 4. The topological polar surface area (TPSA) is 67.2 Å². The van der Waals surface area contributed by atoms with Gasteiger partial charge >= 0.3 is 0 Å². The number of carbonyl (C=O) groups excluding carboxylic acids is 1. The van der Waals surface area contributed by atoms with Crippen molar-refractivity contribution in [3.8, 4) is 11.5 Å². The highest BCUT2D eigenvalue weighted by atomic mass is 32.1. The van der Waals surface area contributed by atoms with Crippen molar-refractivity contribution in [2.45, 2.75) is 6.92 Å². The molecule has 1 aromatic heterocycles. The number of thiocarbonyl (C=S) groups is 1. The van der Waals surface area contributed by atoms with Gasteiger partial charge in [0.25, 0.3) is 5.91 Å². The number of nitrogens with zero attached hydrogens (tertiary/aromatic N) is 1. The number of oxazole rings is 1. The lowest BCUT2D eigenvalue weighted by atomic mass is 10.0. The van der Waals surface area contributed by atoms with Crippen LogP contribution in [0.5, 0.6) is 0 Å². The number of amides is 1. The molecule has 6 heteroatoms. The summed E-state index contributed by atoms with van der Waals surface area (Å²) < 4.78 is 5.85. The monoisotopic (exact) mass is 437 g/mol. The molecule has 1 amide bonds. The summed E-state index contributed by atoms with van der Waals surface area (Å²) in [5, 5.41) is 7.92. The quantitative estimate of drug-likeness (QED) is 0.335. The molecule has 0 fully saturated rings. The molecule has 0 aliphatic heterocycles. The highest BCUT2D eigenvalue weighted by molar-refractivity contribution is 7.80. The van der Waals surface area contributed by atoms with Crippen molar-refractivity contribution < 1.29 is 9.21 Å². The zero-order chi connectivity index (χ0) is 22.1. The van der Waals surface area contributed by atoms with E-state index in [4.69, 9.17) is 16.6 Å². The van der Waals surface area contributed by atoms with Crippen molar-refractivity contribution >= 4 is 50.8 Å². The maximum atomic E-state index is 12.7. The summed E-state index contributed by atoms with van der Waals surface area (Å²) in [5.74, 6) is 0.307. The van der Waals surface area contributed by atoms with E-state index >= 15 is 0 Å². The van der Waals surface area contributed by atoms with Crippen molar-refractivity contribution in [2.75, 3.05) is 5.32 Å². The first-order valence-corrected chi connectivity index (χ1v) is 10.6. The number of fused-ring (bicyclic) bond motifs is 2. The Hall–Kier alpha value is -4.03. The Labute approximate surface area is 190 Å². The summed E-state index contributed by atoms with van der Waals surface area (Å²) in [6, 6.07) is 26.8. The number of anilines is 1. The Balaban J connectivity index is 1.28. The summed E-state index contributed by atoms with van der Waals surface area (Å²) >= 11 is 5.34. The summed E-state index contributed by atoms with van der Waals surface area (Å²) in [6.45, 7) is 2.02. The normalized spacial score (nSPS) is 10.9. The van der Waals surface area contributed by atoms with Gasteiger partial charge in [0.05, 0.1) is 0 Å². The van der Waals surface area contributed by atoms with Crippen LogP contribution in [0.15, 0.2) is 89.3 Å². The van der Waals surface area contributed by atoms with Crippen LogP contribution >= 0.6 is 12.2 Å². The van der Waals surface area contributed by atoms with Gasteiger partial charge in [0.15, 0.2) is 10.7 Å². The zero-order valence-corrected chi connectivity index (χ0v) is 18.1. The second kappa shape index (κ2) is 8.24. The Morgan fingerprint density at radius 3 is 2.56 bits per heavy atom. The molecule has 1 heterocycles. The van der Waals surface area contributed by atoms with E-state index in [2.05, 4.69) is 15.6 Å². The highest BCUT2D eigenvalue weighted by Gasteiger charge is 2.12. The van der Waals surface area contributed by atoms with Gasteiger partial charge in [-0.3, -0.25) is 10.1 Å². The van der Waals surface area contributed by atoms with Crippen molar-refractivity contribution in [3.63, 3.8) is 0 Å². The molecular formula is C26H19N3O2S. The molecule has 5 aromatic rings. The molecule has 5 rings (SSSR count). The van der Waals surface area contributed by atoms with E-state index in [1.54, 1.807) is 6.07 Å². The molecule has 0 saturated carbocycles. The number of rotatable bonds is 3. The lowest BCUT2D eigenvalue weighted by molar-refractivity contribution is 0.0979. The predicted molar refractivity (Wildman–Crippen MR) is 132 cm³/mol. The van der Waals surface area contributed by atoms with Gasteiger partial charge in [-0.25, -0.2) is 4.98 Å². The Kier molecular flexibility index (Phi) is 5.13. The highest BCUT2D eigenvalue weighted by Crippen LogP contribution is 2.26. The van der Waals surface area contributed by atoms with Crippen molar-refractivity contribution in [1.29, 1.82) is 0 Å². The smallest absolute Gasteiger partial charge is 0.258 e. The van der Waals surface area contributed by atoms with Crippen LogP contribution in [-0.2, 0) is 0 Å². The third-order valence-electron chi connectivity index (χ3n) is 5.19. The minimum Gasteiger partial charge on any atom is -0.436 e. The van der Waals surface area contributed by atoms with E-state index in [0.29, 0.717) is 11.5 Å². The minimum atomic E-state index is -0.252. The second-order valence-electron chi connectivity index (χ2n) is 7.50. The summed E-state index contributed by atoms with van der Waals surface area (Å²) in [5.41, 5.74) is 4.91. The molecule has 4 aromatic carbocycles. The molecule has 2 N–H and O–H groups in total. The zero-order valence-electron chi connectivity index (χ0n) is 17.3. The first-order valence-electron chi connectivity index (χ1n) is 10.1. The fourth-order valence-electron chi connectivity index (χ4n) is 3.61. The number of aryl methyl sites for hydroxylation is 1. The van der Waals surface area contributed by atoms with Gasteiger partial charge in [-0.1, -0.05) is 42.5 Å². The first kappa shape index (κ1) is 19.9. The fourth-order valence-corrected chi connectivity index (χ4v) is 3.82. The van der Waals surface area contributed by atoms with Crippen molar-refractivity contribution in [1.82, 2.24) is 10.3 Å². The van der Waals surface area contributed by atoms with E-state index < -0.39 is 0 Å². The average molecular weight is 438 g/mol. The van der Waals surface area contributed by atoms with Crippen LogP contribution in [0.3, 0.4) is 0 Å².